The van der Waals surface area contributed by atoms with Crippen molar-refractivity contribution in [3.63, 3.8) is 0 Å². The zero-order valence-corrected chi connectivity index (χ0v) is 13.1. The lowest BCUT2D eigenvalue weighted by Crippen LogP contribution is -2.40. The number of pyridine rings is 1. The third-order valence-electron chi connectivity index (χ3n) is 4.03. The van der Waals surface area contributed by atoms with Crippen LogP contribution in [0.15, 0.2) is 30.7 Å². The number of benzene rings is 1. The molecule has 8 heteroatoms. The van der Waals surface area contributed by atoms with Gasteiger partial charge in [-0.05, 0) is 18.2 Å². The van der Waals surface area contributed by atoms with E-state index < -0.39 is 16.7 Å². The van der Waals surface area contributed by atoms with E-state index in [-0.39, 0.29) is 5.69 Å². The summed E-state index contributed by atoms with van der Waals surface area (Å²) < 4.78 is 27.4. The first-order chi connectivity index (χ1) is 11.6. The lowest BCUT2D eigenvalue weighted by atomic mass is 9.98. The van der Waals surface area contributed by atoms with Crippen molar-refractivity contribution in [3.05, 3.63) is 53.1 Å². The summed E-state index contributed by atoms with van der Waals surface area (Å²) in [4.78, 5) is 12.8. The quantitative estimate of drug-likeness (QED) is 0.711. The van der Waals surface area contributed by atoms with E-state index in [9.17, 15) is 8.78 Å². The maximum atomic E-state index is 14.1. The Labute approximate surface area is 141 Å². The second kappa shape index (κ2) is 5.92. The van der Waals surface area contributed by atoms with Crippen molar-refractivity contribution in [2.45, 2.75) is 5.92 Å². The molecule has 5 nitrogen and oxygen atoms in total. The number of aromatic nitrogens is 3. The molecule has 0 bridgehead atoms. The van der Waals surface area contributed by atoms with E-state index >= 15 is 0 Å². The Morgan fingerprint density at radius 2 is 2.00 bits per heavy atom. The molecule has 3 heterocycles. The van der Waals surface area contributed by atoms with E-state index in [1.807, 2.05) is 6.07 Å². The Morgan fingerprint density at radius 3 is 2.75 bits per heavy atom. The molecule has 1 saturated heterocycles. The number of halogens is 3. The molecule has 0 amide bonds. The van der Waals surface area contributed by atoms with E-state index in [0.29, 0.717) is 22.6 Å². The molecule has 1 fully saturated rings. The Balaban J connectivity index is 1.77. The molecule has 3 aromatic rings. The highest BCUT2D eigenvalue weighted by Gasteiger charge is 2.21. The van der Waals surface area contributed by atoms with Crippen LogP contribution in [0.1, 0.15) is 11.6 Å². The van der Waals surface area contributed by atoms with Crippen LogP contribution in [0.25, 0.3) is 10.9 Å². The normalized spacial score (nSPS) is 14.6. The van der Waals surface area contributed by atoms with Crippen molar-refractivity contribution >= 4 is 34.0 Å². The number of nitrogens with zero attached hydrogens (tertiary/aromatic N) is 3. The molecule has 1 aliphatic rings. The van der Waals surface area contributed by atoms with Crippen molar-refractivity contribution in [2.75, 3.05) is 18.4 Å². The number of nitrogens with one attached hydrogen (secondary N) is 2. The minimum absolute atomic E-state index is 0.0464. The van der Waals surface area contributed by atoms with Crippen LogP contribution in [0.3, 0.4) is 0 Å². The fourth-order valence-corrected chi connectivity index (χ4v) is 2.71. The summed E-state index contributed by atoms with van der Waals surface area (Å²) in [6, 6.07) is 4.28. The standard InChI is InChI=1S/C16H12ClF2N5/c17-14-10(18)1-2-11(15(14)19)24-16-9-3-12(8-4-20-5-8)21-6-13(9)22-7-23-16/h1-3,6-8,20H,4-5H2,(H,22,23,24). The monoisotopic (exact) mass is 347 g/mol. The molecule has 122 valence electrons. The fraction of sp³-hybridized carbons (Fsp3) is 0.188. The number of fused-ring (bicyclic) bond motifs is 1. The van der Waals surface area contributed by atoms with E-state index in [0.717, 1.165) is 24.8 Å². The Hall–Kier alpha value is -2.38. The predicted octanol–water partition coefficient (Wildman–Crippen LogP) is 3.39. The maximum Gasteiger partial charge on any atom is 0.168 e. The second-order valence-electron chi connectivity index (χ2n) is 5.55. The van der Waals surface area contributed by atoms with Gasteiger partial charge in [-0.15, -0.1) is 0 Å². The maximum absolute atomic E-state index is 14.1. The highest BCUT2D eigenvalue weighted by Crippen LogP contribution is 2.30. The Morgan fingerprint density at radius 1 is 1.17 bits per heavy atom. The summed E-state index contributed by atoms with van der Waals surface area (Å²) in [7, 11) is 0. The van der Waals surface area contributed by atoms with Crippen molar-refractivity contribution in [1.29, 1.82) is 0 Å². The van der Waals surface area contributed by atoms with E-state index in [2.05, 4.69) is 25.6 Å². The van der Waals surface area contributed by atoms with E-state index in [4.69, 9.17) is 11.6 Å². The number of hydrogen-bond donors (Lipinski definition) is 2. The van der Waals surface area contributed by atoms with Gasteiger partial charge in [-0.2, -0.15) is 0 Å². The highest BCUT2D eigenvalue weighted by molar-refractivity contribution is 6.31. The van der Waals surface area contributed by atoms with Crippen LogP contribution < -0.4 is 10.6 Å². The van der Waals surface area contributed by atoms with Gasteiger partial charge in [0, 0.05) is 30.1 Å². The smallest absolute Gasteiger partial charge is 0.168 e. The molecule has 2 aromatic heterocycles. The summed E-state index contributed by atoms with van der Waals surface area (Å²) in [6.45, 7) is 1.74. The van der Waals surface area contributed by atoms with E-state index in [1.165, 1.54) is 12.4 Å². The summed E-state index contributed by atoms with van der Waals surface area (Å²) in [5.74, 6) is -0.908. The average Bonchev–Trinajstić information content (AvgIpc) is 2.54. The van der Waals surface area contributed by atoms with Crippen molar-refractivity contribution in [3.8, 4) is 0 Å². The molecule has 0 saturated carbocycles. The van der Waals surface area contributed by atoms with Gasteiger partial charge in [-0.25, -0.2) is 18.7 Å². The topological polar surface area (TPSA) is 62.7 Å². The highest BCUT2D eigenvalue weighted by atomic mass is 35.5. The third-order valence-corrected chi connectivity index (χ3v) is 4.38. The molecule has 0 aliphatic carbocycles. The van der Waals surface area contributed by atoms with Crippen molar-refractivity contribution in [1.82, 2.24) is 20.3 Å². The Kier molecular flexibility index (Phi) is 3.74. The summed E-state index contributed by atoms with van der Waals surface area (Å²) in [5.41, 5.74) is 1.61. The van der Waals surface area contributed by atoms with Crippen LogP contribution in [0.2, 0.25) is 5.02 Å². The first-order valence-corrected chi connectivity index (χ1v) is 7.73. The molecule has 0 unspecified atom stereocenters. The number of rotatable bonds is 3. The van der Waals surface area contributed by atoms with Crippen LogP contribution in [0.5, 0.6) is 0 Å². The Bertz CT molecular complexity index is 930. The van der Waals surface area contributed by atoms with E-state index in [1.54, 1.807) is 6.20 Å². The molecular weight excluding hydrogens is 336 g/mol. The summed E-state index contributed by atoms with van der Waals surface area (Å²) in [6.07, 6.45) is 3.03. The molecule has 0 radical (unpaired) electrons. The molecule has 0 atom stereocenters. The van der Waals surface area contributed by atoms with Crippen LogP contribution >= 0.6 is 11.6 Å². The molecular formula is C16H12ClF2N5. The van der Waals surface area contributed by atoms with Gasteiger partial charge in [0.1, 0.15) is 23.0 Å². The zero-order valence-electron chi connectivity index (χ0n) is 12.4. The first-order valence-electron chi connectivity index (χ1n) is 7.35. The van der Waals surface area contributed by atoms with Crippen molar-refractivity contribution < 1.29 is 8.78 Å². The van der Waals surface area contributed by atoms with Gasteiger partial charge < -0.3 is 10.6 Å². The first kappa shape index (κ1) is 15.2. The molecule has 1 aromatic carbocycles. The number of anilines is 2. The van der Waals surface area contributed by atoms with Crippen LogP contribution in [-0.2, 0) is 0 Å². The molecule has 0 spiro atoms. The van der Waals surface area contributed by atoms with Crippen LogP contribution in [0, 0.1) is 11.6 Å². The fourth-order valence-electron chi connectivity index (χ4n) is 2.55. The van der Waals surface area contributed by atoms with Crippen LogP contribution in [-0.4, -0.2) is 28.0 Å². The van der Waals surface area contributed by atoms with Gasteiger partial charge in [0.2, 0.25) is 0 Å². The second-order valence-corrected chi connectivity index (χ2v) is 5.93. The minimum atomic E-state index is -0.860. The largest absolute Gasteiger partial charge is 0.337 e. The average molecular weight is 348 g/mol. The molecule has 24 heavy (non-hydrogen) atoms. The van der Waals surface area contributed by atoms with Gasteiger partial charge in [0.25, 0.3) is 0 Å². The SMILES string of the molecule is Fc1ccc(Nc2ncnc3cnc(C4CNC4)cc23)c(F)c1Cl. The molecule has 4 rings (SSSR count). The summed E-state index contributed by atoms with van der Waals surface area (Å²) >= 11 is 5.62. The lowest BCUT2D eigenvalue weighted by Gasteiger charge is -2.26. The van der Waals surface area contributed by atoms with Crippen LogP contribution in [0.4, 0.5) is 20.3 Å². The van der Waals surface area contributed by atoms with Gasteiger partial charge in [-0.3, -0.25) is 4.98 Å². The molecule has 2 N–H and O–H groups in total. The summed E-state index contributed by atoms with van der Waals surface area (Å²) in [5, 5.41) is 6.22. The van der Waals surface area contributed by atoms with Gasteiger partial charge in [0.15, 0.2) is 5.82 Å². The molecule has 1 aliphatic heterocycles. The van der Waals surface area contributed by atoms with Gasteiger partial charge in [-0.1, -0.05) is 11.6 Å². The zero-order chi connectivity index (χ0) is 16.7. The minimum Gasteiger partial charge on any atom is -0.337 e. The predicted molar refractivity (Wildman–Crippen MR) is 87.6 cm³/mol. The lowest BCUT2D eigenvalue weighted by molar-refractivity contribution is 0.440. The third kappa shape index (κ3) is 2.55. The van der Waals surface area contributed by atoms with Gasteiger partial charge >= 0.3 is 0 Å². The number of hydrogen-bond acceptors (Lipinski definition) is 5. The van der Waals surface area contributed by atoms with Crippen molar-refractivity contribution in [2.24, 2.45) is 0 Å². The van der Waals surface area contributed by atoms with Gasteiger partial charge in [0.05, 0.1) is 17.4 Å².